The second kappa shape index (κ2) is 6.91. The molecule has 1 fully saturated rings. The summed E-state index contributed by atoms with van der Waals surface area (Å²) >= 11 is 0. The van der Waals surface area contributed by atoms with Crippen LogP contribution in [0.4, 0.5) is 10.5 Å². The zero-order valence-electron chi connectivity index (χ0n) is 11.1. The zero-order chi connectivity index (χ0) is 14.4. The van der Waals surface area contributed by atoms with E-state index in [1.165, 1.54) is 0 Å². The number of carboxylic acids is 1. The van der Waals surface area contributed by atoms with Crippen molar-refractivity contribution in [2.75, 3.05) is 18.5 Å². The second-order valence-corrected chi connectivity index (χ2v) is 4.74. The van der Waals surface area contributed by atoms with E-state index in [1.54, 1.807) is 24.3 Å². The van der Waals surface area contributed by atoms with Crippen molar-refractivity contribution in [2.45, 2.75) is 25.3 Å². The molecule has 0 aromatic heterocycles. The molecule has 1 aromatic rings. The monoisotopic (exact) mass is 278 g/mol. The third-order valence-corrected chi connectivity index (χ3v) is 3.10. The summed E-state index contributed by atoms with van der Waals surface area (Å²) in [5, 5.41) is 14.4. The topological polar surface area (TPSA) is 87.7 Å². The van der Waals surface area contributed by atoms with E-state index >= 15 is 0 Å². The van der Waals surface area contributed by atoms with Gasteiger partial charge in [-0.25, -0.2) is 4.79 Å². The number of anilines is 1. The van der Waals surface area contributed by atoms with Gasteiger partial charge in [-0.3, -0.25) is 4.79 Å². The highest BCUT2D eigenvalue weighted by atomic mass is 16.5. The summed E-state index contributed by atoms with van der Waals surface area (Å²) in [6, 6.07) is 6.55. The molecule has 1 aliphatic rings. The molecule has 3 N–H and O–H groups in total. The second-order valence-electron chi connectivity index (χ2n) is 4.74. The highest BCUT2D eigenvalue weighted by molar-refractivity contribution is 5.91. The highest BCUT2D eigenvalue weighted by Crippen LogP contribution is 2.16. The molecule has 0 spiro atoms. The van der Waals surface area contributed by atoms with Gasteiger partial charge in [0, 0.05) is 12.3 Å². The number of hydrogen-bond acceptors (Lipinski definition) is 3. The molecule has 1 heterocycles. The van der Waals surface area contributed by atoms with Crippen LogP contribution in [-0.2, 0) is 16.0 Å². The van der Waals surface area contributed by atoms with Crippen LogP contribution >= 0.6 is 0 Å². The van der Waals surface area contributed by atoms with E-state index in [1.807, 2.05) is 0 Å². The van der Waals surface area contributed by atoms with Crippen LogP contribution in [0.3, 0.4) is 0 Å². The molecular weight excluding hydrogens is 260 g/mol. The predicted molar refractivity (Wildman–Crippen MR) is 73.8 cm³/mol. The minimum absolute atomic E-state index is 0.00962. The van der Waals surface area contributed by atoms with Crippen LogP contribution in [0.5, 0.6) is 0 Å². The molecule has 108 valence electrons. The maximum Gasteiger partial charge on any atom is 0.319 e. The Bertz CT molecular complexity index is 484. The Labute approximate surface area is 117 Å². The summed E-state index contributed by atoms with van der Waals surface area (Å²) in [5.41, 5.74) is 1.10. The largest absolute Gasteiger partial charge is 0.481 e. The standard InChI is InChI=1S/C14H18N2O4/c17-13(18)8-10-4-1-2-6-12(10)16-14(19)15-11-5-3-7-20-9-11/h1-2,4,6,11H,3,5,7-9H2,(H,17,18)(H2,15,16,19). The van der Waals surface area contributed by atoms with E-state index in [9.17, 15) is 9.59 Å². The normalized spacial score (nSPS) is 18.3. The van der Waals surface area contributed by atoms with Gasteiger partial charge in [-0.15, -0.1) is 0 Å². The summed E-state index contributed by atoms with van der Waals surface area (Å²) in [4.78, 5) is 22.7. The molecule has 2 rings (SSSR count). The Balaban J connectivity index is 1.94. The summed E-state index contributed by atoms with van der Waals surface area (Å²) in [5.74, 6) is -0.930. The van der Waals surface area contributed by atoms with Crippen LogP contribution in [-0.4, -0.2) is 36.4 Å². The number of para-hydroxylation sites is 1. The lowest BCUT2D eigenvalue weighted by Gasteiger charge is -2.23. The fourth-order valence-electron chi connectivity index (χ4n) is 2.16. The molecule has 6 heteroatoms. The molecule has 2 amide bonds. The number of amides is 2. The number of urea groups is 1. The first-order valence-corrected chi connectivity index (χ1v) is 6.60. The van der Waals surface area contributed by atoms with Gasteiger partial charge in [0.15, 0.2) is 0 Å². The van der Waals surface area contributed by atoms with Crippen molar-refractivity contribution in [3.63, 3.8) is 0 Å². The first-order valence-electron chi connectivity index (χ1n) is 6.60. The van der Waals surface area contributed by atoms with E-state index in [-0.39, 0.29) is 18.5 Å². The average molecular weight is 278 g/mol. The van der Waals surface area contributed by atoms with Crippen LogP contribution < -0.4 is 10.6 Å². The quantitative estimate of drug-likeness (QED) is 0.781. The lowest BCUT2D eigenvalue weighted by molar-refractivity contribution is -0.136. The van der Waals surface area contributed by atoms with Gasteiger partial charge in [0.1, 0.15) is 0 Å². The zero-order valence-corrected chi connectivity index (χ0v) is 11.1. The van der Waals surface area contributed by atoms with E-state index < -0.39 is 5.97 Å². The van der Waals surface area contributed by atoms with Crippen molar-refractivity contribution in [1.29, 1.82) is 0 Å². The van der Waals surface area contributed by atoms with Gasteiger partial charge >= 0.3 is 12.0 Å². The molecule has 1 aliphatic heterocycles. The van der Waals surface area contributed by atoms with Crippen LogP contribution in [0, 0.1) is 0 Å². The Morgan fingerprint density at radius 1 is 1.35 bits per heavy atom. The number of rotatable bonds is 4. The summed E-state index contributed by atoms with van der Waals surface area (Å²) in [7, 11) is 0. The van der Waals surface area contributed by atoms with E-state index in [0.717, 1.165) is 19.4 Å². The Morgan fingerprint density at radius 3 is 2.85 bits per heavy atom. The number of carboxylic acid groups (broad SMARTS) is 1. The molecule has 6 nitrogen and oxygen atoms in total. The molecule has 1 unspecified atom stereocenters. The van der Waals surface area contributed by atoms with Crippen molar-refractivity contribution >= 4 is 17.7 Å². The Morgan fingerprint density at radius 2 is 2.15 bits per heavy atom. The smallest absolute Gasteiger partial charge is 0.319 e. The molecule has 0 aliphatic carbocycles. The first-order chi connectivity index (χ1) is 9.65. The lowest BCUT2D eigenvalue weighted by Crippen LogP contribution is -2.42. The van der Waals surface area contributed by atoms with Gasteiger partial charge in [0.2, 0.25) is 0 Å². The van der Waals surface area contributed by atoms with Crippen LogP contribution in [0.2, 0.25) is 0 Å². The van der Waals surface area contributed by atoms with Gasteiger partial charge < -0.3 is 20.5 Å². The molecule has 1 saturated heterocycles. The number of carbonyl (C=O) groups is 2. The number of hydrogen-bond donors (Lipinski definition) is 3. The number of nitrogens with one attached hydrogen (secondary N) is 2. The summed E-state index contributed by atoms with van der Waals surface area (Å²) < 4.78 is 5.29. The minimum atomic E-state index is -0.930. The van der Waals surface area contributed by atoms with Crippen molar-refractivity contribution in [1.82, 2.24) is 5.32 Å². The third-order valence-electron chi connectivity index (χ3n) is 3.10. The van der Waals surface area contributed by atoms with Gasteiger partial charge in [-0.1, -0.05) is 18.2 Å². The molecule has 0 saturated carbocycles. The fraction of sp³-hybridized carbons (Fsp3) is 0.429. The molecule has 0 bridgehead atoms. The van der Waals surface area contributed by atoms with Crippen LogP contribution in [0.25, 0.3) is 0 Å². The first kappa shape index (κ1) is 14.3. The van der Waals surface area contributed by atoms with Gasteiger partial charge in [0.05, 0.1) is 19.1 Å². The van der Waals surface area contributed by atoms with Crippen molar-refractivity contribution in [2.24, 2.45) is 0 Å². The Kier molecular flexibility index (Phi) is 4.95. The number of ether oxygens (including phenoxy) is 1. The molecule has 1 aromatic carbocycles. The number of aliphatic carboxylic acids is 1. The molecule has 0 radical (unpaired) electrons. The van der Waals surface area contributed by atoms with Gasteiger partial charge in [-0.2, -0.15) is 0 Å². The third kappa shape index (κ3) is 4.24. The maximum atomic E-state index is 11.9. The predicted octanol–water partition coefficient (Wildman–Crippen LogP) is 1.61. The number of benzene rings is 1. The van der Waals surface area contributed by atoms with Gasteiger partial charge in [0.25, 0.3) is 0 Å². The fourth-order valence-corrected chi connectivity index (χ4v) is 2.16. The van der Waals surface area contributed by atoms with Crippen LogP contribution in [0.1, 0.15) is 18.4 Å². The molecule has 1 atom stereocenters. The van der Waals surface area contributed by atoms with E-state index in [4.69, 9.17) is 9.84 Å². The summed E-state index contributed by atoms with van der Waals surface area (Å²) in [6.45, 7) is 1.26. The van der Waals surface area contributed by atoms with Gasteiger partial charge in [-0.05, 0) is 24.5 Å². The van der Waals surface area contributed by atoms with Crippen LogP contribution in [0.15, 0.2) is 24.3 Å². The minimum Gasteiger partial charge on any atom is -0.481 e. The van der Waals surface area contributed by atoms with E-state index in [2.05, 4.69) is 10.6 Å². The average Bonchev–Trinajstić information content (AvgIpc) is 2.41. The van der Waals surface area contributed by atoms with Crippen molar-refractivity contribution < 1.29 is 19.4 Å². The number of carbonyl (C=O) groups excluding carboxylic acids is 1. The highest BCUT2D eigenvalue weighted by Gasteiger charge is 2.17. The van der Waals surface area contributed by atoms with Crippen molar-refractivity contribution in [3.8, 4) is 0 Å². The SMILES string of the molecule is O=C(O)Cc1ccccc1NC(=O)NC1CCCOC1. The summed E-state index contributed by atoms with van der Waals surface area (Å²) in [6.07, 6.45) is 1.70. The Hall–Kier alpha value is -2.08. The van der Waals surface area contributed by atoms with Crippen molar-refractivity contribution in [3.05, 3.63) is 29.8 Å². The maximum absolute atomic E-state index is 11.9. The van der Waals surface area contributed by atoms with E-state index in [0.29, 0.717) is 17.9 Å². The molecular formula is C14H18N2O4. The lowest BCUT2D eigenvalue weighted by atomic mass is 10.1. The molecule has 20 heavy (non-hydrogen) atoms.